The van der Waals surface area contributed by atoms with Gasteiger partial charge in [-0.3, -0.25) is 4.79 Å². The molecule has 0 saturated heterocycles. The lowest BCUT2D eigenvalue weighted by atomic mass is 10.1. The minimum absolute atomic E-state index is 0.289. The van der Waals surface area contributed by atoms with Gasteiger partial charge in [0.2, 0.25) is 0 Å². The Bertz CT molecular complexity index is 837. The second-order valence-electron chi connectivity index (χ2n) is 6.02. The highest BCUT2D eigenvalue weighted by molar-refractivity contribution is 6.31. The summed E-state index contributed by atoms with van der Waals surface area (Å²) in [6, 6.07) is 10.5. The first-order valence-electron chi connectivity index (χ1n) is 8.34. The number of halogens is 1. The van der Waals surface area contributed by atoms with Crippen LogP contribution in [0.5, 0.6) is 11.5 Å². The average molecular weight is 392 g/mol. The molecule has 1 N–H and O–H groups in total. The van der Waals surface area contributed by atoms with Crippen molar-refractivity contribution in [2.75, 3.05) is 19.0 Å². The number of carbonyl (C=O) groups is 2. The third-order valence-corrected chi connectivity index (χ3v) is 4.02. The third-order valence-electron chi connectivity index (χ3n) is 3.79. The summed E-state index contributed by atoms with van der Waals surface area (Å²) in [5.74, 6) is -0.0930. The normalized spacial score (nSPS) is 11.4. The van der Waals surface area contributed by atoms with Crippen molar-refractivity contribution in [3.63, 3.8) is 0 Å². The van der Waals surface area contributed by atoms with Crippen LogP contribution in [0.2, 0.25) is 5.02 Å². The van der Waals surface area contributed by atoms with Gasteiger partial charge in [-0.25, -0.2) is 4.79 Å². The maximum absolute atomic E-state index is 12.3. The highest BCUT2D eigenvalue weighted by Crippen LogP contribution is 2.27. The van der Waals surface area contributed by atoms with E-state index in [0.29, 0.717) is 22.2 Å². The Kier molecular flexibility index (Phi) is 7.07. The number of anilines is 1. The first-order chi connectivity index (χ1) is 12.8. The molecule has 1 amide bonds. The highest BCUT2D eigenvalue weighted by atomic mass is 35.5. The number of nitrogens with one attached hydrogen (secondary N) is 1. The minimum Gasteiger partial charge on any atom is -0.495 e. The van der Waals surface area contributed by atoms with E-state index >= 15 is 0 Å². The molecule has 0 bridgehead atoms. The average Bonchev–Trinajstić information content (AvgIpc) is 2.62. The molecule has 0 aliphatic rings. The number of aryl methyl sites for hydroxylation is 2. The van der Waals surface area contributed by atoms with E-state index in [-0.39, 0.29) is 6.61 Å². The standard InChI is InChI=1S/C20H22ClNO5/c1-12-5-6-13(2)18(9-12)26-11-19(23)27-14(3)20(24)22-16-10-15(21)7-8-17(16)25-4/h5-10,14H,11H2,1-4H3,(H,22,24)/t14-/m0/s1. The summed E-state index contributed by atoms with van der Waals surface area (Å²) >= 11 is 5.94. The zero-order valence-corrected chi connectivity index (χ0v) is 16.4. The summed E-state index contributed by atoms with van der Waals surface area (Å²) in [5.41, 5.74) is 2.32. The van der Waals surface area contributed by atoms with Crippen molar-refractivity contribution in [1.82, 2.24) is 0 Å². The topological polar surface area (TPSA) is 73.9 Å². The predicted octanol–water partition coefficient (Wildman–Crippen LogP) is 3.91. The third kappa shape index (κ3) is 5.89. The lowest BCUT2D eigenvalue weighted by molar-refractivity contribution is -0.155. The summed E-state index contributed by atoms with van der Waals surface area (Å²) in [7, 11) is 1.48. The number of hydrogen-bond donors (Lipinski definition) is 1. The molecular weight excluding hydrogens is 370 g/mol. The SMILES string of the molecule is COc1ccc(Cl)cc1NC(=O)[C@H](C)OC(=O)COc1cc(C)ccc1C. The molecule has 2 aromatic carbocycles. The number of amides is 1. The van der Waals surface area contributed by atoms with Crippen LogP contribution in [0.1, 0.15) is 18.1 Å². The summed E-state index contributed by atoms with van der Waals surface area (Å²) in [6.45, 7) is 5.00. The molecule has 0 unspecified atom stereocenters. The molecule has 2 rings (SSSR count). The molecular formula is C20H22ClNO5. The van der Waals surface area contributed by atoms with Gasteiger partial charge in [0.05, 0.1) is 12.8 Å². The van der Waals surface area contributed by atoms with Crippen LogP contribution in [0.25, 0.3) is 0 Å². The summed E-state index contributed by atoms with van der Waals surface area (Å²) in [6.07, 6.45) is -1.01. The molecule has 144 valence electrons. The van der Waals surface area contributed by atoms with Crippen molar-refractivity contribution in [3.8, 4) is 11.5 Å². The van der Waals surface area contributed by atoms with E-state index in [2.05, 4.69) is 5.32 Å². The van der Waals surface area contributed by atoms with E-state index < -0.39 is 18.0 Å². The van der Waals surface area contributed by atoms with Crippen molar-refractivity contribution in [2.45, 2.75) is 26.9 Å². The van der Waals surface area contributed by atoms with Gasteiger partial charge in [-0.05, 0) is 56.2 Å². The molecule has 0 saturated carbocycles. The Morgan fingerprint density at radius 2 is 1.85 bits per heavy atom. The van der Waals surface area contributed by atoms with Crippen molar-refractivity contribution in [1.29, 1.82) is 0 Å². The molecule has 0 spiro atoms. The van der Waals surface area contributed by atoms with Crippen LogP contribution in [0.4, 0.5) is 5.69 Å². The fourth-order valence-electron chi connectivity index (χ4n) is 2.30. The number of rotatable bonds is 7. The van der Waals surface area contributed by atoms with Crippen LogP contribution in [-0.2, 0) is 14.3 Å². The molecule has 0 aliphatic heterocycles. The molecule has 0 radical (unpaired) electrons. The van der Waals surface area contributed by atoms with Crippen molar-refractivity contribution in [3.05, 3.63) is 52.5 Å². The number of carbonyl (C=O) groups excluding carboxylic acids is 2. The Labute approximate surface area is 163 Å². The summed E-state index contributed by atoms with van der Waals surface area (Å²) in [4.78, 5) is 24.3. The maximum atomic E-state index is 12.3. The van der Waals surface area contributed by atoms with E-state index in [9.17, 15) is 9.59 Å². The molecule has 27 heavy (non-hydrogen) atoms. The van der Waals surface area contributed by atoms with Gasteiger partial charge in [-0.1, -0.05) is 23.7 Å². The van der Waals surface area contributed by atoms with Gasteiger partial charge < -0.3 is 19.5 Å². The van der Waals surface area contributed by atoms with E-state index in [1.807, 2.05) is 32.0 Å². The largest absolute Gasteiger partial charge is 0.495 e. The molecule has 0 fully saturated rings. The molecule has 2 aromatic rings. The molecule has 0 aromatic heterocycles. The molecule has 0 heterocycles. The lowest BCUT2D eigenvalue weighted by Gasteiger charge is -2.16. The Morgan fingerprint density at radius 3 is 2.56 bits per heavy atom. The van der Waals surface area contributed by atoms with E-state index in [1.54, 1.807) is 18.2 Å². The Balaban J connectivity index is 1.91. The number of methoxy groups -OCH3 is 1. The number of hydrogen-bond acceptors (Lipinski definition) is 5. The zero-order valence-electron chi connectivity index (χ0n) is 15.7. The molecule has 1 atom stereocenters. The molecule has 7 heteroatoms. The van der Waals surface area contributed by atoms with Crippen LogP contribution < -0.4 is 14.8 Å². The van der Waals surface area contributed by atoms with Crippen molar-refractivity contribution >= 4 is 29.2 Å². The monoisotopic (exact) mass is 391 g/mol. The second kappa shape index (κ2) is 9.28. The fraction of sp³-hybridized carbons (Fsp3) is 0.300. The first kappa shape index (κ1) is 20.6. The fourth-order valence-corrected chi connectivity index (χ4v) is 2.47. The number of ether oxygens (including phenoxy) is 3. The van der Waals surface area contributed by atoms with Gasteiger partial charge in [0.15, 0.2) is 12.7 Å². The van der Waals surface area contributed by atoms with Crippen LogP contribution in [0.15, 0.2) is 36.4 Å². The van der Waals surface area contributed by atoms with Crippen LogP contribution in [0.3, 0.4) is 0 Å². The van der Waals surface area contributed by atoms with Crippen LogP contribution in [-0.4, -0.2) is 31.7 Å². The van der Waals surface area contributed by atoms with Gasteiger partial charge in [-0.2, -0.15) is 0 Å². The van der Waals surface area contributed by atoms with Gasteiger partial charge >= 0.3 is 5.97 Å². The van der Waals surface area contributed by atoms with Gasteiger partial charge in [0, 0.05) is 5.02 Å². The van der Waals surface area contributed by atoms with Crippen molar-refractivity contribution < 1.29 is 23.8 Å². The Morgan fingerprint density at radius 1 is 1.11 bits per heavy atom. The van der Waals surface area contributed by atoms with Gasteiger partial charge in [0.25, 0.3) is 5.91 Å². The van der Waals surface area contributed by atoms with Gasteiger partial charge in [-0.15, -0.1) is 0 Å². The summed E-state index contributed by atoms with van der Waals surface area (Å²) < 4.78 is 15.8. The maximum Gasteiger partial charge on any atom is 0.344 e. The molecule has 6 nitrogen and oxygen atoms in total. The highest BCUT2D eigenvalue weighted by Gasteiger charge is 2.20. The second-order valence-corrected chi connectivity index (χ2v) is 6.46. The predicted molar refractivity (Wildman–Crippen MR) is 104 cm³/mol. The zero-order chi connectivity index (χ0) is 20.0. The van der Waals surface area contributed by atoms with E-state index in [1.165, 1.54) is 14.0 Å². The van der Waals surface area contributed by atoms with E-state index in [4.69, 9.17) is 25.8 Å². The number of esters is 1. The molecule has 0 aliphatic carbocycles. The summed E-state index contributed by atoms with van der Waals surface area (Å²) in [5, 5.41) is 3.07. The minimum atomic E-state index is -1.01. The quantitative estimate of drug-likeness (QED) is 0.724. The Hall–Kier alpha value is -2.73. The first-order valence-corrected chi connectivity index (χ1v) is 8.72. The van der Waals surface area contributed by atoms with Crippen LogP contribution in [0, 0.1) is 13.8 Å². The van der Waals surface area contributed by atoms with E-state index in [0.717, 1.165) is 11.1 Å². The number of benzene rings is 2. The smallest absolute Gasteiger partial charge is 0.344 e. The van der Waals surface area contributed by atoms with Crippen LogP contribution >= 0.6 is 11.6 Å². The van der Waals surface area contributed by atoms with Crippen molar-refractivity contribution in [2.24, 2.45) is 0 Å². The van der Waals surface area contributed by atoms with Gasteiger partial charge in [0.1, 0.15) is 11.5 Å². The lowest BCUT2D eigenvalue weighted by Crippen LogP contribution is -2.31.